The number of nitrogens with zero attached hydrogens (tertiary/aromatic N) is 2. The number of nitrogens with one attached hydrogen (secondary N) is 3. The minimum Gasteiger partial charge on any atom is -0.495 e. The van der Waals surface area contributed by atoms with Crippen LogP contribution in [0, 0.1) is 6.92 Å². The second kappa shape index (κ2) is 11.5. The lowest BCUT2D eigenvalue weighted by Gasteiger charge is -2.16. The van der Waals surface area contributed by atoms with Gasteiger partial charge in [0.15, 0.2) is 6.29 Å². The molecule has 0 bridgehead atoms. The quantitative estimate of drug-likeness (QED) is 0.205. The summed E-state index contributed by atoms with van der Waals surface area (Å²) in [5.74, 6) is 1.35. The van der Waals surface area contributed by atoms with Gasteiger partial charge in [-0.1, -0.05) is 35.3 Å². The highest BCUT2D eigenvalue weighted by atomic mass is 35.5. The van der Waals surface area contributed by atoms with Crippen LogP contribution in [0.5, 0.6) is 11.5 Å². The number of rotatable bonds is 9. The molecule has 1 amide bonds. The highest BCUT2D eigenvalue weighted by molar-refractivity contribution is 6.42. The van der Waals surface area contributed by atoms with Crippen LogP contribution < -0.4 is 25.4 Å². The van der Waals surface area contributed by atoms with Crippen molar-refractivity contribution in [1.29, 1.82) is 0 Å². The fourth-order valence-electron chi connectivity index (χ4n) is 3.32. The smallest absolute Gasteiger partial charge is 0.211 e. The lowest BCUT2D eigenvalue weighted by molar-refractivity contribution is -0.105. The van der Waals surface area contributed by atoms with E-state index in [9.17, 15) is 9.59 Å². The standard InChI is InChI=1S/C24H23Cl2N5O4/c1-13-6-5-7-15(29-12-33)23(13)31-19-8-14(11-32)16(10-28-19)30-24(27-2)20-21(25)17(34-3)9-18(35-4)22(20)26/h5-12H,1-4H3,(H,27,30)(H,28,31)(H,29,33). The Morgan fingerprint density at radius 1 is 1.09 bits per heavy atom. The molecule has 11 heteroatoms. The minimum absolute atomic E-state index is 0.222. The Morgan fingerprint density at radius 2 is 1.77 bits per heavy atom. The van der Waals surface area contributed by atoms with Crippen molar-refractivity contribution in [2.45, 2.75) is 6.92 Å². The summed E-state index contributed by atoms with van der Waals surface area (Å²) in [7, 11) is 4.58. The SMILES string of the molecule is CN/C(=N\c1cnc(Nc2c(C)cccc2NC=O)cc1C=O)c1c(Cl)c(OC)cc(OC)c1Cl. The Morgan fingerprint density at radius 3 is 2.34 bits per heavy atom. The first-order valence-electron chi connectivity index (χ1n) is 10.3. The molecule has 1 aromatic heterocycles. The van der Waals surface area contributed by atoms with Crippen LogP contribution in [0.2, 0.25) is 10.0 Å². The third-order valence-corrected chi connectivity index (χ3v) is 5.81. The summed E-state index contributed by atoms with van der Waals surface area (Å²) in [5.41, 5.74) is 2.98. The molecule has 0 aliphatic rings. The number of ether oxygens (including phenoxy) is 2. The number of carbonyl (C=O) groups excluding carboxylic acids is 2. The normalized spacial score (nSPS) is 11.0. The zero-order valence-corrected chi connectivity index (χ0v) is 20.9. The Balaban J connectivity index is 2.07. The van der Waals surface area contributed by atoms with Gasteiger partial charge in [0, 0.05) is 18.7 Å². The van der Waals surface area contributed by atoms with Gasteiger partial charge >= 0.3 is 0 Å². The fraction of sp³-hybridized carbons (Fsp3) is 0.167. The maximum Gasteiger partial charge on any atom is 0.211 e. The van der Waals surface area contributed by atoms with Crippen molar-refractivity contribution in [2.24, 2.45) is 4.99 Å². The van der Waals surface area contributed by atoms with Crippen LogP contribution in [0.4, 0.5) is 22.9 Å². The molecule has 0 unspecified atom stereocenters. The highest BCUT2D eigenvalue weighted by Gasteiger charge is 2.21. The summed E-state index contributed by atoms with van der Waals surface area (Å²) in [5, 5.41) is 9.19. The van der Waals surface area contributed by atoms with E-state index >= 15 is 0 Å². The Kier molecular flexibility index (Phi) is 8.51. The second-order valence-corrected chi connectivity index (χ2v) is 7.88. The number of aromatic nitrogens is 1. The van der Waals surface area contributed by atoms with E-state index in [1.165, 1.54) is 20.4 Å². The molecule has 9 nitrogen and oxygen atoms in total. The molecule has 182 valence electrons. The van der Waals surface area contributed by atoms with Crippen LogP contribution >= 0.6 is 23.2 Å². The molecule has 0 saturated carbocycles. The number of benzene rings is 2. The number of aldehydes is 1. The Bertz CT molecular complexity index is 1270. The molecule has 0 aliphatic carbocycles. The summed E-state index contributed by atoms with van der Waals surface area (Å²) in [6.45, 7) is 1.88. The molecule has 3 rings (SSSR count). The lowest BCUT2D eigenvalue weighted by atomic mass is 10.1. The first-order valence-corrected chi connectivity index (χ1v) is 11.0. The first-order chi connectivity index (χ1) is 16.9. The summed E-state index contributed by atoms with van der Waals surface area (Å²) in [6, 6.07) is 8.56. The molecule has 0 atom stereocenters. The van der Waals surface area contributed by atoms with Crippen LogP contribution in [0.3, 0.4) is 0 Å². The number of carbonyl (C=O) groups is 2. The van der Waals surface area contributed by atoms with E-state index in [0.717, 1.165) is 5.56 Å². The molecule has 0 aliphatic heterocycles. The minimum atomic E-state index is 0.222. The van der Waals surface area contributed by atoms with E-state index < -0.39 is 0 Å². The largest absolute Gasteiger partial charge is 0.495 e. The molecule has 0 fully saturated rings. The van der Waals surface area contributed by atoms with E-state index in [1.54, 1.807) is 25.2 Å². The van der Waals surface area contributed by atoms with Crippen LogP contribution in [-0.4, -0.2) is 44.8 Å². The van der Waals surface area contributed by atoms with Gasteiger partial charge in [0.05, 0.1) is 53.1 Å². The van der Waals surface area contributed by atoms with E-state index in [4.69, 9.17) is 32.7 Å². The van der Waals surface area contributed by atoms with Crippen LogP contribution in [0.1, 0.15) is 21.5 Å². The monoisotopic (exact) mass is 515 g/mol. The molecule has 0 radical (unpaired) electrons. The average molecular weight is 516 g/mol. The van der Waals surface area contributed by atoms with E-state index in [1.807, 2.05) is 19.1 Å². The van der Waals surface area contributed by atoms with E-state index in [-0.39, 0.29) is 27.1 Å². The number of amidine groups is 1. The van der Waals surface area contributed by atoms with Gasteiger partial charge in [-0.05, 0) is 24.6 Å². The predicted octanol–water partition coefficient (Wildman–Crippen LogP) is 5.14. The van der Waals surface area contributed by atoms with Gasteiger partial charge in [-0.15, -0.1) is 0 Å². The zero-order valence-electron chi connectivity index (χ0n) is 19.4. The summed E-state index contributed by atoms with van der Waals surface area (Å²) in [4.78, 5) is 31.8. The lowest BCUT2D eigenvalue weighted by Crippen LogP contribution is -2.21. The first kappa shape index (κ1) is 25.8. The number of para-hydroxylation sites is 1. The van der Waals surface area contributed by atoms with E-state index in [2.05, 4.69) is 25.9 Å². The van der Waals surface area contributed by atoms with E-state index in [0.29, 0.717) is 47.0 Å². The number of hydrogen-bond acceptors (Lipinski definition) is 7. The summed E-state index contributed by atoms with van der Waals surface area (Å²) >= 11 is 13.0. The van der Waals surface area contributed by atoms with Gasteiger partial charge in [-0.3, -0.25) is 9.59 Å². The van der Waals surface area contributed by atoms with Crippen molar-refractivity contribution in [3.63, 3.8) is 0 Å². The molecule has 0 spiro atoms. The number of aliphatic imine (C=N–C) groups is 1. The molecule has 0 saturated heterocycles. The topological polar surface area (TPSA) is 114 Å². The molecule has 1 heterocycles. The molecule has 2 aromatic carbocycles. The maximum absolute atomic E-state index is 11.9. The van der Waals surface area contributed by atoms with Crippen molar-refractivity contribution in [1.82, 2.24) is 10.3 Å². The molecule has 3 N–H and O–H groups in total. The van der Waals surface area contributed by atoms with Crippen molar-refractivity contribution in [2.75, 3.05) is 31.9 Å². The van der Waals surface area contributed by atoms with Crippen molar-refractivity contribution in [3.05, 3.63) is 63.3 Å². The number of pyridine rings is 1. The number of halogens is 2. The van der Waals surface area contributed by atoms with Gasteiger partial charge in [-0.2, -0.15) is 0 Å². The number of amides is 1. The summed E-state index contributed by atoms with van der Waals surface area (Å²) < 4.78 is 10.6. The highest BCUT2D eigenvalue weighted by Crippen LogP contribution is 2.41. The van der Waals surface area contributed by atoms with Gasteiger partial charge in [0.1, 0.15) is 23.2 Å². The van der Waals surface area contributed by atoms with Crippen molar-refractivity contribution in [3.8, 4) is 11.5 Å². The number of methoxy groups -OCH3 is 2. The average Bonchev–Trinajstić information content (AvgIpc) is 2.86. The van der Waals surface area contributed by atoms with Crippen molar-refractivity contribution >= 4 is 64.6 Å². The molecular formula is C24H23Cl2N5O4. The van der Waals surface area contributed by atoms with Gasteiger partial charge in [-0.25, -0.2) is 9.98 Å². The predicted molar refractivity (Wildman–Crippen MR) is 139 cm³/mol. The van der Waals surface area contributed by atoms with Crippen LogP contribution in [0.25, 0.3) is 0 Å². The second-order valence-electron chi connectivity index (χ2n) is 7.13. The Labute approximate surface area is 212 Å². The third kappa shape index (κ3) is 5.47. The molecule has 3 aromatic rings. The maximum atomic E-state index is 11.9. The van der Waals surface area contributed by atoms with Crippen LogP contribution in [-0.2, 0) is 4.79 Å². The van der Waals surface area contributed by atoms with Gasteiger partial charge in [0.2, 0.25) is 6.41 Å². The molecular weight excluding hydrogens is 493 g/mol. The number of aryl methyl sites for hydroxylation is 1. The van der Waals surface area contributed by atoms with Crippen LogP contribution in [0.15, 0.2) is 41.5 Å². The van der Waals surface area contributed by atoms with Crippen molar-refractivity contribution < 1.29 is 19.1 Å². The Hall–Kier alpha value is -3.82. The third-order valence-electron chi connectivity index (χ3n) is 5.06. The zero-order chi connectivity index (χ0) is 25.5. The number of hydrogen-bond donors (Lipinski definition) is 3. The van der Waals surface area contributed by atoms with Gasteiger partial charge in [0.25, 0.3) is 0 Å². The summed E-state index contributed by atoms with van der Waals surface area (Å²) in [6.07, 6.45) is 2.69. The fourth-order valence-corrected chi connectivity index (χ4v) is 4.00. The van der Waals surface area contributed by atoms with Gasteiger partial charge < -0.3 is 25.4 Å². The molecule has 35 heavy (non-hydrogen) atoms. The number of anilines is 3.